The molecule has 0 fully saturated rings. The molecule has 1 aliphatic carbocycles. The highest BCUT2D eigenvalue weighted by Crippen LogP contribution is 2.22. The first-order valence-corrected chi connectivity index (χ1v) is 4.85. The highest BCUT2D eigenvalue weighted by atomic mass is 16.1. The molecule has 0 saturated heterocycles. The van der Waals surface area contributed by atoms with Gasteiger partial charge in [0.15, 0.2) is 0 Å². The van der Waals surface area contributed by atoms with Crippen LogP contribution in [0.3, 0.4) is 0 Å². The Bertz CT molecular complexity index is 334. The quantitative estimate of drug-likeness (QED) is 0.676. The van der Waals surface area contributed by atoms with E-state index in [0.717, 1.165) is 5.57 Å². The molecule has 0 aromatic heterocycles. The topological polar surface area (TPSA) is 29.1 Å². The fourth-order valence-electron chi connectivity index (χ4n) is 1.43. The molecular formula is C12H17NO. The molecule has 76 valence electrons. The van der Waals surface area contributed by atoms with Gasteiger partial charge in [0.1, 0.15) is 0 Å². The number of rotatable bonds is 1. The molecule has 0 aliphatic heterocycles. The van der Waals surface area contributed by atoms with Crippen molar-refractivity contribution in [2.45, 2.75) is 20.8 Å². The molecule has 2 nitrogen and oxygen atoms in total. The number of hydrogen-bond donors (Lipinski definition) is 1. The molecule has 1 amide bonds. The van der Waals surface area contributed by atoms with Gasteiger partial charge < -0.3 is 5.32 Å². The van der Waals surface area contributed by atoms with Crippen molar-refractivity contribution in [2.75, 3.05) is 7.05 Å². The molecule has 1 atom stereocenters. The monoisotopic (exact) mass is 191 g/mol. The first-order valence-electron chi connectivity index (χ1n) is 4.85. The number of nitrogens with one attached hydrogen (secondary N) is 1. The van der Waals surface area contributed by atoms with Crippen molar-refractivity contribution in [2.24, 2.45) is 5.92 Å². The van der Waals surface area contributed by atoms with E-state index in [9.17, 15) is 4.79 Å². The zero-order chi connectivity index (χ0) is 10.7. The van der Waals surface area contributed by atoms with E-state index in [0.29, 0.717) is 5.92 Å². The third kappa shape index (κ3) is 2.13. The molecule has 1 aliphatic rings. The van der Waals surface area contributed by atoms with Crippen molar-refractivity contribution in [3.05, 3.63) is 34.9 Å². The van der Waals surface area contributed by atoms with Gasteiger partial charge in [-0.25, -0.2) is 0 Å². The summed E-state index contributed by atoms with van der Waals surface area (Å²) in [5.41, 5.74) is 3.23. The first kappa shape index (κ1) is 10.8. The van der Waals surface area contributed by atoms with E-state index in [2.05, 4.69) is 25.2 Å². The zero-order valence-corrected chi connectivity index (χ0v) is 9.22. The van der Waals surface area contributed by atoms with Crippen LogP contribution in [0.25, 0.3) is 0 Å². The van der Waals surface area contributed by atoms with E-state index in [1.165, 1.54) is 11.1 Å². The molecule has 0 radical (unpaired) electrons. The second-order valence-electron chi connectivity index (χ2n) is 3.69. The average molecular weight is 191 g/mol. The van der Waals surface area contributed by atoms with E-state index >= 15 is 0 Å². The van der Waals surface area contributed by atoms with E-state index < -0.39 is 0 Å². The Morgan fingerprint density at radius 1 is 1.43 bits per heavy atom. The number of carbonyl (C=O) groups excluding carboxylic acids is 1. The van der Waals surface area contributed by atoms with Crippen molar-refractivity contribution in [3.8, 4) is 0 Å². The van der Waals surface area contributed by atoms with Crippen LogP contribution in [0.15, 0.2) is 34.9 Å². The summed E-state index contributed by atoms with van der Waals surface area (Å²) < 4.78 is 0. The molecule has 0 bridgehead atoms. The molecule has 0 saturated carbocycles. The van der Waals surface area contributed by atoms with Gasteiger partial charge in [-0.15, -0.1) is 0 Å². The lowest BCUT2D eigenvalue weighted by Gasteiger charge is -2.06. The van der Waals surface area contributed by atoms with Gasteiger partial charge in [-0.3, -0.25) is 4.79 Å². The van der Waals surface area contributed by atoms with Crippen molar-refractivity contribution >= 4 is 5.91 Å². The van der Waals surface area contributed by atoms with Gasteiger partial charge in [0, 0.05) is 12.6 Å². The summed E-state index contributed by atoms with van der Waals surface area (Å²) in [4.78, 5) is 11.4. The minimum atomic E-state index is -0.0255. The number of allylic oxidation sites excluding steroid dienone is 4. The summed E-state index contributed by atoms with van der Waals surface area (Å²) in [7, 11) is 1.65. The average Bonchev–Trinajstić information content (AvgIpc) is 2.31. The maximum absolute atomic E-state index is 11.4. The summed E-state index contributed by atoms with van der Waals surface area (Å²) in [6.45, 7) is 6.28. The van der Waals surface area contributed by atoms with Crippen LogP contribution in [0.5, 0.6) is 0 Å². The minimum Gasteiger partial charge on any atom is -0.355 e. The Hall–Kier alpha value is -1.31. The smallest absolute Gasteiger partial charge is 0.251 e. The summed E-state index contributed by atoms with van der Waals surface area (Å²) in [5, 5.41) is 2.63. The molecule has 0 spiro atoms. The number of hydrogen-bond acceptors (Lipinski definition) is 1. The standard InChI is InChI=1S/C12H17NO/c1-8-5-6-11(12(14)13-4)7-9(2)10(8)3/h5-8H,1-4H3,(H,13,14). The minimum absolute atomic E-state index is 0.0255. The van der Waals surface area contributed by atoms with E-state index in [1.807, 2.05) is 19.1 Å². The molecule has 0 aromatic carbocycles. The van der Waals surface area contributed by atoms with Gasteiger partial charge in [-0.05, 0) is 25.8 Å². The molecule has 1 N–H and O–H groups in total. The van der Waals surface area contributed by atoms with Crippen LogP contribution in [0, 0.1) is 5.92 Å². The normalized spacial score (nSPS) is 21.7. The molecule has 1 rings (SSSR count). The van der Waals surface area contributed by atoms with Gasteiger partial charge in [0.2, 0.25) is 0 Å². The van der Waals surface area contributed by atoms with Gasteiger partial charge in [0.25, 0.3) is 5.91 Å². The fourth-order valence-corrected chi connectivity index (χ4v) is 1.43. The number of carbonyl (C=O) groups is 1. The fraction of sp³-hybridized carbons (Fsp3) is 0.417. The molecule has 1 unspecified atom stereocenters. The molecule has 0 heterocycles. The van der Waals surface area contributed by atoms with E-state index in [4.69, 9.17) is 0 Å². The molecule has 14 heavy (non-hydrogen) atoms. The van der Waals surface area contributed by atoms with E-state index in [-0.39, 0.29) is 5.91 Å². The van der Waals surface area contributed by atoms with Crippen LogP contribution in [0.4, 0.5) is 0 Å². The maximum atomic E-state index is 11.4. The van der Waals surface area contributed by atoms with Crippen molar-refractivity contribution in [3.63, 3.8) is 0 Å². The van der Waals surface area contributed by atoms with Crippen LogP contribution in [-0.2, 0) is 4.79 Å². The Kier molecular flexibility index (Phi) is 3.28. The number of amides is 1. The third-order valence-electron chi connectivity index (χ3n) is 2.73. The van der Waals surface area contributed by atoms with Crippen molar-refractivity contribution in [1.82, 2.24) is 5.32 Å². The highest BCUT2D eigenvalue weighted by molar-refractivity contribution is 5.96. The lowest BCUT2D eigenvalue weighted by atomic mass is 9.99. The van der Waals surface area contributed by atoms with Gasteiger partial charge in [-0.2, -0.15) is 0 Å². The molecular weight excluding hydrogens is 174 g/mol. The molecule has 0 aromatic rings. The van der Waals surface area contributed by atoms with E-state index in [1.54, 1.807) is 7.05 Å². The Balaban J connectivity index is 3.07. The summed E-state index contributed by atoms with van der Waals surface area (Å²) in [6.07, 6.45) is 5.89. The summed E-state index contributed by atoms with van der Waals surface area (Å²) in [5.74, 6) is 0.385. The zero-order valence-electron chi connectivity index (χ0n) is 9.22. The van der Waals surface area contributed by atoms with Crippen LogP contribution in [0.1, 0.15) is 20.8 Å². The predicted molar refractivity (Wildman–Crippen MR) is 58.8 cm³/mol. The highest BCUT2D eigenvalue weighted by Gasteiger charge is 2.11. The van der Waals surface area contributed by atoms with Gasteiger partial charge >= 0.3 is 0 Å². The SMILES string of the molecule is CNC(=O)C1=CC(C)=C(C)C(C)C=C1. The first-order chi connectivity index (χ1) is 6.56. The van der Waals surface area contributed by atoms with Crippen LogP contribution >= 0.6 is 0 Å². The predicted octanol–water partition coefficient (Wildman–Crippen LogP) is 2.20. The van der Waals surface area contributed by atoms with Gasteiger partial charge in [0.05, 0.1) is 0 Å². The lowest BCUT2D eigenvalue weighted by molar-refractivity contribution is -0.116. The summed E-state index contributed by atoms with van der Waals surface area (Å²) >= 11 is 0. The van der Waals surface area contributed by atoms with Gasteiger partial charge in [-0.1, -0.05) is 30.2 Å². The largest absolute Gasteiger partial charge is 0.355 e. The van der Waals surface area contributed by atoms with Crippen molar-refractivity contribution < 1.29 is 4.79 Å². The van der Waals surface area contributed by atoms with Crippen molar-refractivity contribution in [1.29, 1.82) is 0 Å². The number of likely N-dealkylation sites (N-methyl/N-ethyl adjacent to an activating group) is 1. The lowest BCUT2D eigenvalue weighted by Crippen LogP contribution is -2.19. The summed E-state index contributed by atoms with van der Waals surface area (Å²) in [6, 6.07) is 0. The Morgan fingerprint density at radius 3 is 2.64 bits per heavy atom. The van der Waals surface area contributed by atoms with Crippen LogP contribution in [0.2, 0.25) is 0 Å². The second-order valence-corrected chi connectivity index (χ2v) is 3.69. The third-order valence-corrected chi connectivity index (χ3v) is 2.73. The Labute approximate surface area is 85.4 Å². The second kappa shape index (κ2) is 4.27. The van der Waals surface area contributed by atoms with Crippen LogP contribution in [-0.4, -0.2) is 13.0 Å². The molecule has 2 heteroatoms. The van der Waals surface area contributed by atoms with Crippen LogP contribution < -0.4 is 5.32 Å². The Morgan fingerprint density at radius 2 is 2.07 bits per heavy atom. The maximum Gasteiger partial charge on any atom is 0.251 e.